The van der Waals surface area contributed by atoms with Crippen LogP contribution in [0.1, 0.15) is 0 Å². The first-order valence-corrected chi connectivity index (χ1v) is 17.0. The van der Waals surface area contributed by atoms with Gasteiger partial charge in [-0.1, -0.05) is 74.8 Å². The van der Waals surface area contributed by atoms with Crippen LogP contribution >= 0.6 is 0 Å². The van der Waals surface area contributed by atoms with E-state index in [1.807, 2.05) is 0 Å². The first-order valence-electron chi connectivity index (χ1n) is 5.85. The van der Waals surface area contributed by atoms with Crippen molar-refractivity contribution in [1.29, 1.82) is 0 Å². The fraction of sp³-hybridized carbons (Fsp3) is 0.500. The van der Waals surface area contributed by atoms with Gasteiger partial charge < -0.3 is 0 Å². The van der Waals surface area contributed by atoms with Gasteiger partial charge in [0.15, 0.2) is 0 Å². The lowest BCUT2D eigenvalue weighted by Crippen LogP contribution is -2.69. The summed E-state index contributed by atoms with van der Waals surface area (Å²) in [6.45, 7) is 15.5. The second-order valence-electron chi connectivity index (χ2n) is 5.87. The lowest BCUT2D eigenvalue weighted by atomic mass is 10.4. The van der Waals surface area contributed by atoms with Gasteiger partial charge in [0.05, 0.1) is 7.59 Å². The molecule has 0 atom stereocenters. The summed E-state index contributed by atoms with van der Waals surface area (Å²) in [4.78, 5) is 0. The van der Waals surface area contributed by atoms with Gasteiger partial charge >= 0.3 is 0 Å². The molecule has 0 radical (unpaired) electrons. The van der Waals surface area contributed by atoms with E-state index in [1.165, 1.54) is 0 Å². The van der Waals surface area contributed by atoms with Gasteiger partial charge in [-0.2, -0.15) is 0 Å². The third kappa shape index (κ3) is 2.34. The monoisotopic (exact) mass is 252 g/mol. The van der Waals surface area contributed by atoms with Crippen LogP contribution in [0.3, 0.4) is 0 Å². The van der Waals surface area contributed by atoms with Gasteiger partial charge in [0, 0.05) is 15.4 Å². The van der Waals surface area contributed by atoms with Gasteiger partial charge in [-0.15, -0.1) is 0 Å². The Balaban J connectivity index is 3.13. The molecule has 0 fully saturated rings. The first kappa shape index (κ1) is 12.9. The molecule has 0 bridgehead atoms. The zero-order valence-electron chi connectivity index (χ0n) is 11.0. The Bertz CT molecular complexity index is 315. The summed E-state index contributed by atoms with van der Waals surface area (Å²) >= 11 is 0. The molecule has 0 aliphatic heterocycles. The molecule has 84 valence electrons. The number of benzene rings is 1. The molecule has 0 nitrogen and oxygen atoms in total. The van der Waals surface area contributed by atoms with Crippen molar-refractivity contribution in [3.8, 4) is 0 Å². The average Bonchev–Trinajstić information content (AvgIpc) is 2.18. The number of hydrogen-bond acceptors (Lipinski definition) is 0. The maximum absolute atomic E-state index is 2.63. The second-order valence-corrected chi connectivity index (χ2v) is 32.6. The van der Waals surface area contributed by atoms with Gasteiger partial charge in [-0.05, 0) is 0 Å². The highest BCUT2D eigenvalue weighted by molar-refractivity contribution is 7.66. The number of rotatable bonds is 3. The Labute approximate surface area is 97.9 Å². The molecule has 1 rings (SSSR count). The quantitative estimate of drug-likeness (QED) is 0.726. The molecule has 1 aromatic carbocycles. The van der Waals surface area contributed by atoms with Crippen LogP contribution in [-0.2, 0) is 0 Å². The van der Waals surface area contributed by atoms with E-state index in [9.17, 15) is 0 Å². The van der Waals surface area contributed by atoms with Crippen molar-refractivity contribution in [3.05, 3.63) is 30.3 Å². The molecule has 0 unspecified atom stereocenters. The topological polar surface area (TPSA) is 0 Å². The standard InChI is InChI=1S/C12H24Si3/c1-13(2)15(5,6)14(3,4)12-10-8-7-9-11-12/h7-11,13H,1-6H3. The first-order chi connectivity index (χ1) is 6.80. The van der Waals surface area contributed by atoms with Crippen LogP contribution in [0.2, 0.25) is 39.3 Å². The minimum atomic E-state index is -1.17. The van der Waals surface area contributed by atoms with E-state index >= 15 is 0 Å². The van der Waals surface area contributed by atoms with Gasteiger partial charge in [-0.25, -0.2) is 0 Å². The van der Waals surface area contributed by atoms with E-state index in [-0.39, 0.29) is 0 Å². The van der Waals surface area contributed by atoms with Crippen molar-refractivity contribution in [2.24, 2.45) is 0 Å². The summed E-state index contributed by atoms with van der Waals surface area (Å²) in [5, 5.41) is 1.67. The Morgan fingerprint density at radius 2 is 1.33 bits per heavy atom. The fourth-order valence-electron chi connectivity index (χ4n) is 1.95. The smallest absolute Gasteiger partial charge is 0.0710 e. The minimum absolute atomic E-state index is 0.474. The van der Waals surface area contributed by atoms with Gasteiger partial charge in [0.25, 0.3) is 0 Å². The van der Waals surface area contributed by atoms with Gasteiger partial charge in [0.1, 0.15) is 0 Å². The Morgan fingerprint density at radius 1 is 0.867 bits per heavy atom. The minimum Gasteiger partial charge on any atom is -0.0742 e. The van der Waals surface area contributed by atoms with Crippen LogP contribution in [0, 0.1) is 0 Å². The number of hydrogen-bond donors (Lipinski definition) is 0. The van der Waals surface area contributed by atoms with E-state index in [4.69, 9.17) is 0 Å². The molecule has 0 aromatic heterocycles. The molecule has 0 saturated carbocycles. The lowest BCUT2D eigenvalue weighted by Gasteiger charge is -2.41. The fourth-order valence-corrected chi connectivity index (χ4v) is 26.7. The van der Waals surface area contributed by atoms with Gasteiger partial charge in [-0.3, -0.25) is 0 Å². The van der Waals surface area contributed by atoms with Crippen LogP contribution in [0.25, 0.3) is 0 Å². The molecule has 0 heterocycles. The van der Waals surface area contributed by atoms with Crippen LogP contribution < -0.4 is 5.19 Å². The maximum atomic E-state index is 2.63. The lowest BCUT2D eigenvalue weighted by molar-refractivity contribution is 1.71. The van der Waals surface area contributed by atoms with Crippen molar-refractivity contribution < 1.29 is 0 Å². The van der Waals surface area contributed by atoms with E-state index < -0.39 is 23.0 Å². The highest BCUT2D eigenvalue weighted by Crippen LogP contribution is 2.21. The molecule has 0 saturated heterocycles. The Morgan fingerprint density at radius 3 is 1.73 bits per heavy atom. The molecule has 1 aromatic rings. The average molecular weight is 253 g/mol. The Hall–Kier alpha value is -0.129. The normalized spacial score (nSPS) is 13.3. The second kappa shape index (κ2) is 4.39. The summed E-state index contributed by atoms with van der Waals surface area (Å²) in [7, 11) is -2.61. The zero-order chi connectivity index (χ0) is 11.7. The van der Waals surface area contributed by atoms with Crippen molar-refractivity contribution >= 4 is 28.2 Å². The van der Waals surface area contributed by atoms with E-state index in [0.717, 1.165) is 0 Å². The van der Waals surface area contributed by atoms with Crippen molar-refractivity contribution in [1.82, 2.24) is 0 Å². The van der Waals surface area contributed by atoms with Crippen LogP contribution in [0.5, 0.6) is 0 Å². The predicted octanol–water partition coefficient (Wildman–Crippen LogP) is 2.95. The van der Waals surface area contributed by atoms with Crippen molar-refractivity contribution in [3.63, 3.8) is 0 Å². The molecule has 0 amide bonds. The predicted molar refractivity (Wildman–Crippen MR) is 79.9 cm³/mol. The van der Waals surface area contributed by atoms with E-state index in [2.05, 4.69) is 69.6 Å². The summed E-state index contributed by atoms with van der Waals surface area (Å²) < 4.78 is 0. The molecular formula is C12H24Si3. The molecule has 15 heavy (non-hydrogen) atoms. The molecular weight excluding hydrogens is 228 g/mol. The molecule has 0 aliphatic carbocycles. The van der Waals surface area contributed by atoms with Crippen molar-refractivity contribution in [2.45, 2.75) is 39.3 Å². The van der Waals surface area contributed by atoms with Crippen LogP contribution in [0.15, 0.2) is 30.3 Å². The third-order valence-corrected chi connectivity index (χ3v) is 43.3. The van der Waals surface area contributed by atoms with Gasteiger partial charge in [0.2, 0.25) is 0 Å². The van der Waals surface area contributed by atoms with Crippen LogP contribution in [-0.4, -0.2) is 23.0 Å². The highest BCUT2D eigenvalue weighted by atomic mass is 29.6. The molecule has 3 heteroatoms. The molecule has 0 spiro atoms. The summed E-state index contributed by atoms with van der Waals surface area (Å²) in [6, 6.07) is 11.3. The van der Waals surface area contributed by atoms with Crippen LogP contribution in [0.4, 0.5) is 0 Å². The molecule has 0 N–H and O–H groups in total. The summed E-state index contributed by atoms with van der Waals surface area (Å²) in [5.74, 6) is 0. The zero-order valence-corrected chi connectivity index (χ0v) is 14.1. The third-order valence-electron chi connectivity index (χ3n) is 4.55. The van der Waals surface area contributed by atoms with Crippen molar-refractivity contribution in [2.75, 3.05) is 0 Å². The van der Waals surface area contributed by atoms with E-state index in [0.29, 0.717) is 0 Å². The highest BCUT2D eigenvalue weighted by Gasteiger charge is 2.44. The molecule has 0 aliphatic rings. The SMILES string of the molecule is C[SiH](C)[Si](C)(C)[Si](C)(C)c1ccccc1. The van der Waals surface area contributed by atoms with E-state index in [1.54, 1.807) is 5.19 Å². The summed E-state index contributed by atoms with van der Waals surface area (Å²) in [5.41, 5.74) is 0. The summed E-state index contributed by atoms with van der Waals surface area (Å²) in [6.07, 6.45) is 0. The largest absolute Gasteiger partial charge is 0.0742 e. The Kier molecular flexibility index (Phi) is 3.79. The maximum Gasteiger partial charge on any atom is 0.0710 e.